The molecule has 0 fully saturated rings. The molecule has 0 unspecified atom stereocenters. The number of nitrogens with one attached hydrogen (secondary N) is 1. The van der Waals surface area contributed by atoms with Crippen LogP contribution < -0.4 is 10.1 Å². The van der Waals surface area contributed by atoms with Crippen LogP contribution in [0, 0.1) is 0 Å². The number of aryl methyl sites for hydroxylation is 1. The minimum absolute atomic E-state index is 0.0819. The van der Waals surface area contributed by atoms with Crippen molar-refractivity contribution in [2.24, 2.45) is 7.05 Å². The monoisotopic (exact) mass is 373 g/mol. The Morgan fingerprint density at radius 3 is 2.77 bits per heavy atom. The van der Waals surface area contributed by atoms with Crippen LogP contribution in [0.25, 0.3) is 11.6 Å². The van der Waals surface area contributed by atoms with Gasteiger partial charge in [-0.15, -0.1) is 16.9 Å². The summed E-state index contributed by atoms with van der Waals surface area (Å²) >= 11 is 1.69. The van der Waals surface area contributed by atoms with Gasteiger partial charge in [0, 0.05) is 24.6 Å². The molecule has 136 valence electrons. The fourth-order valence-corrected chi connectivity index (χ4v) is 3.04. The Hall–Kier alpha value is -2.81. The molecule has 1 aromatic carbocycles. The van der Waals surface area contributed by atoms with Gasteiger partial charge in [0.25, 0.3) is 5.89 Å². The minimum atomic E-state index is -0.156. The average Bonchev–Trinajstić information content (AvgIpc) is 3.28. The third kappa shape index (κ3) is 4.85. The summed E-state index contributed by atoms with van der Waals surface area (Å²) in [6.07, 6.45) is 2.90. The molecule has 0 atom stereocenters. The number of aromatic nitrogens is 4. The molecule has 0 aliphatic rings. The van der Waals surface area contributed by atoms with Gasteiger partial charge in [0.05, 0.1) is 7.11 Å². The molecule has 0 saturated carbocycles. The zero-order chi connectivity index (χ0) is 18.4. The van der Waals surface area contributed by atoms with Crippen molar-refractivity contribution in [3.05, 3.63) is 36.5 Å². The lowest BCUT2D eigenvalue weighted by molar-refractivity contribution is -0.116. The van der Waals surface area contributed by atoms with Crippen LogP contribution in [0.1, 0.15) is 12.8 Å². The molecule has 1 N–H and O–H groups in total. The third-order valence-corrected chi connectivity index (χ3v) is 4.58. The Morgan fingerprint density at radius 1 is 1.27 bits per heavy atom. The predicted octanol–water partition coefficient (Wildman–Crippen LogP) is 2.99. The Labute approximate surface area is 154 Å². The van der Waals surface area contributed by atoms with E-state index in [0.29, 0.717) is 12.1 Å². The summed E-state index contributed by atoms with van der Waals surface area (Å²) < 4.78 is 12.2. The van der Waals surface area contributed by atoms with Crippen LogP contribution in [0.2, 0.25) is 0 Å². The number of hydrogen-bond acceptors (Lipinski definition) is 7. The van der Waals surface area contributed by atoms with E-state index in [-0.39, 0.29) is 17.8 Å². The molecule has 1 amide bonds. The Morgan fingerprint density at radius 2 is 2.08 bits per heavy atom. The van der Waals surface area contributed by atoms with Crippen LogP contribution in [0.15, 0.2) is 45.8 Å². The number of methoxy groups -OCH3 is 1. The molecule has 3 rings (SSSR count). The fraction of sp³-hybridized carbons (Fsp3) is 0.294. The van der Waals surface area contributed by atoms with Gasteiger partial charge in [0.1, 0.15) is 11.4 Å². The summed E-state index contributed by atoms with van der Waals surface area (Å²) in [5.74, 6) is 1.79. The molecule has 3 aromatic rings. The van der Waals surface area contributed by atoms with E-state index in [2.05, 4.69) is 20.6 Å². The first-order valence-electron chi connectivity index (χ1n) is 8.04. The zero-order valence-corrected chi connectivity index (χ0v) is 15.3. The first-order valence-corrected chi connectivity index (χ1v) is 9.03. The van der Waals surface area contributed by atoms with Crippen LogP contribution in [0.5, 0.6) is 5.75 Å². The lowest BCUT2D eigenvalue weighted by atomic mass is 10.3. The molecule has 8 nitrogen and oxygen atoms in total. The molecule has 0 aliphatic heterocycles. The van der Waals surface area contributed by atoms with Crippen LogP contribution >= 0.6 is 11.8 Å². The number of rotatable bonds is 8. The van der Waals surface area contributed by atoms with Gasteiger partial charge in [-0.2, -0.15) is 5.10 Å². The normalized spacial score (nSPS) is 10.7. The molecule has 26 heavy (non-hydrogen) atoms. The van der Waals surface area contributed by atoms with Crippen molar-refractivity contribution in [3.63, 3.8) is 0 Å². The smallest absolute Gasteiger partial charge is 0.322 e. The summed E-state index contributed by atoms with van der Waals surface area (Å²) in [5, 5.41) is 14.5. The van der Waals surface area contributed by atoms with Crippen LogP contribution in [-0.2, 0) is 11.8 Å². The second kappa shape index (κ2) is 8.52. The molecule has 0 aliphatic carbocycles. The Balaban J connectivity index is 1.40. The van der Waals surface area contributed by atoms with Crippen molar-refractivity contribution >= 4 is 23.7 Å². The maximum absolute atomic E-state index is 12.0. The number of hydrogen-bond donors (Lipinski definition) is 1. The molecular weight excluding hydrogens is 354 g/mol. The fourth-order valence-electron chi connectivity index (χ4n) is 2.18. The summed E-state index contributed by atoms with van der Waals surface area (Å²) in [6, 6.07) is 9.68. The van der Waals surface area contributed by atoms with Gasteiger partial charge >= 0.3 is 6.01 Å². The number of anilines is 1. The second-order valence-corrected chi connectivity index (χ2v) is 6.63. The van der Waals surface area contributed by atoms with Gasteiger partial charge in [-0.3, -0.25) is 14.8 Å². The third-order valence-electron chi connectivity index (χ3n) is 3.48. The Kier molecular flexibility index (Phi) is 5.90. The van der Waals surface area contributed by atoms with Crippen LogP contribution in [0.3, 0.4) is 0 Å². The minimum Gasteiger partial charge on any atom is -0.497 e. The van der Waals surface area contributed by atoms with Crippen molar-refractivity contribution in [2.45, 2.75) is 17.7 Å². The Bertz CT molecular complexity index is 859. The number of carbonyl (C=O) groups excluding carboxylic acids is 1. The van der Waals surface area contributed by atoms with Crippen molar-refractivity contribution in [1.82, 2.24) is 20.0 Å². The lowest BCUT2D eigenvalue weighted by Gasteiger charge is -2.03. The quantitative estimate of drug-likeness (QED) is 0.479. The molecule has 0 saturated heterocycles. The highest BCUT2D eigenvalue weighted by Crippen LogP contribution is 2.22. The van der Waals surface area contributed by atoms with E-state index >= 15 is 0 Å². The number of carbonyl (C=O) groups is 1. The molecule has 0 spiro atoms. The van der Waals surface area contributed by atoms with Gasteiger partial charge in [0.2, 0.25) is 5.91 Å². The summed E-state index contributed by atoms with van der Waals surface area (Å²) in [6.45, 7) is 0. The van der Waals surface area contributed by atoms with E-state index in [1.54, 1.807) is 42.9 Å². The maximum atomic E-state index is 12.0. The van der Waals surface area contributed by atoms with Gasteiger partial charge in [-0.25, -0.2) is 0 Å². The second-order valence-electron chi connectivity index (χ2n) is 5.46. The number of thioether (sulfide) groups is 1. The number of ether oxygens (including phenoxy) is 1. The SMILES string of the molecule is COc1ccc(SCCCC(=O)Nc2nnc(-c3ccn(C)n3)o2)cc1. The van der Waals surface area contributed by atoms with Crippen molar-refractivity contribution in [1.29, 1.82) is 0 Å². The molecular formula is C17H19N5O3S. The van der Waals surface area contributed by atoms with Gasteiger partial charge < -0.3 is 9.15 Å². The molecule has 0 radical (unpaired) electrons. The van der Waals surface area contributed by atoms with Crippen molar-refractivity contribution in [2.75, 3.05) is 18.2 Å². The van der Waals surface area contributed by atoms with Gasteiger partial charge in [-0.05, 0) is 42.5 Å². The average molecular weight is 373 g/mol. The highest BCUT2D eigenvalue weighted by atomic mass is 32.2. The first kappa shape index (κ1) is 18.0. The number of amides is 1. The molecule has 2 aromatic heterocycles. The largest absolute Gasteiger partial charge is 0.497 e. The van der Waals surface area contributed by atoms with Gasteiger partial charge in [-0.1, -0.05) is 5.10 Å². The summed E-state index contributed by atoms with van der Waals surface area (Å²) in [7, 11) is 3.44. The highest BCUT2D eigenvalue weighted by molar-refractivity contribution is 7.99. The van der Waals surface area contributed by atoms with Crippen LogP contribution in [0.4, 0.5) is 6.01 Å². The van der Waals surface area contributed by atoms with E-state index in [4.69, 9.17) is 9.15 Å². The van der Waals surface area contributed by atoms with Crippen LogP contribution in [-0.4, -0.2) is 38.7 Å². The van der Waals surface area contributed by atoms with Gasteiger partial charge in [0.15, 0.2) is 0 Å². The van der Waals surface area contributed by atoms with E-state index in [0.717, 1.165) is 22.8 Å². The molecule has 9 heteroatoms. The molecule has 0 bridgehead atoms. The lowest BCUT2D eigenvalue weighted by Crippen LogP contribution is -2.11. The van der Waals surface area contributed by atoms with Crippen molar-refractivity contribution < 1.29 is 13.9 Å². The highest BCUT2D eigenvalue weighted by Gasteiger charge is 2.13. The standard InChI is InChI=1S/C17H19N5O3S/c1-22-10-9-14(21-22)16-19-20-17(25-16)18-15(23)4-3-11-26-13-7-5-12(24-2)6-8-13/h5-10H,3-4,11H2,1-2H3,(H,18,20,23). The van der Waals surface area contributed by atoms with E-state index in [9.17, 15) is 4.79 Å². The predicted molar refractivity (Wildman–Crippen MR) is 98.1 cm³/mol. The van der Waals surface area contributed by atoms with E-state index in [1.165, 1.54) is 0 Å². The topological polar surface area (TPSA) is 95.1 Å². The maximum Gasteiger partial charge on any atom is 0.322 e. The zero-order valence-electron chi connectivity index (χ0n) is 14.5. The summed E-state index contributed by atoms with van der Waals surface area (Å²) in [4.78, 5) is 13.1. The molecule has 2 heterocycles. The first-order chi connectivity index (χ1) is 12.6. The van der Waals surface area contributed by atoms with E-state index in [1.807, 2.05) is 24.3 Å². The van der Waals surface area contributed by atoms with Crippen molar-refractivity contribution in [3.8, 4) is 17.3 Å². The number of nitrogens with zero attached hydrogens (tertiary/aromatic N) is 4. The van der Waals surface area contributed by atoms with E-state index < -0.39 is 0 Å². The summed E-state index contributed by atoms with van der Waals surface area (Å²) in [5.41, 5.74) is 0.566. The number of benzene rings is 1.